The molecule has 5 nitrogen and oxygen atoms in total. The molecule has 158 valence electrons. The van der Waals surface area contributed by atoms with E-state index in [1.807, 2.05) is 40.6 Å². The van der Waals surface area contributed by atoms with Crippen molar-refractivity contribution in [1.29, 1.82) is 0 Å². The summed E-state index contributed by atoms with van der Waals surface area (Å²) in [4.78, 5) is 42.8. The number of amides is 3. The number of carbonyl (C=O) groups excluding carboxylic acids is 3. The van der Waals surface area contributed by atoms with Crippen molar-refractivity contribution < 1.29 is 14.4 Å². The van der Waals surface area contributed by atoms with Gasteiger partial charge >= 0.3 is 0 Å². The molecule has 6 heteroatoms. The molecule has 30 heavy (non-hydrogen) atoms. The van der Waals surface area contributed by atoms with Crippen molar-refractivity contribution >= 4 is 29.1 Å². The quantitative estimate of drug-likeness (QED) is 0.604. The van der Waals surface area contributed by atoms with Crippen LogP contribution < -0.4 is 0 Å². The Bertz CT molecular complexity index is 857. The Hall–Kier alpha value is -2.47. The Morgan fingerprint density at radius 3 is 2.33 bits per heavy atom. The summed E-state index contributed by atoms with van der Waals surface area (Å²) in [7, 11) is 0. The minimum absolute atomic E-state index is 0.00481. The standard InChI is InChI=1S/C24H28N2O3S/c27-22(13-15-26-23(28)20-10-4-5-11-21(20)24(26)29)25(17-19-9-6-16-30-19)14-12-18-7-2-1-3-8-18/h1-3,6-9,16,20-21H,4-5,10-15,17H2/t20-,21-/m1/s1. The lowest BCUT2D eigenvalue weighted by Gasteiger charge is -2.24. The fourth-order valence-electron chi connectivity index (χ4n) is 4.61. The number of thiophene rings is 1. The van der Waals surface area contributed by atoms with Crippen molar-refractivity contribution in [2.45, 2.75) is 45.1 Å². The smallest absolute Gasteiger partial charge is 0.233 e. The Kier molecular flexibility index (Phi) is 6.62. The van der Waals surface area contributed by atoms with Gasteiger partial charge in [-0.15, -0.1) is 11.3 Å². The normalized spacial score (nSPS) is 21.0. The summed E-state index contributed by atoms with van der Waals surface area (Å²) < 4.78 is 0. The van der Waals surface area contributed by atoms with Crippen LogP contribution in [0, 0.1) is 11.8 Å². The van der Waals surface area contributed by atoms with Crippen LogP contribution in [-0.4, -0.2) is 40.6 Å². The first kappa shape index (κ1) is 20.8. The van der Waals surface area contributed by atoms with E-state index in [9.17, 15) is 14.4 Å². The van der Waals surface area contributed by atoms with E-state index in [1.54, 1.807) is 11.3 Å². The van der Waals surface area contributed by atoms with Gasteiger partial charge in [-0.2, -0.15) is 0 Å². The zero-order valence-corrected chi connectivity index (χ0v) is 18.0. The largest absolute Gasteiger partial charge is 0.337 e. The van der Waals surface area contributed by atoms with Crippen molar-refractivity contribution in [2.24, 2.45) is 11.8 Å². The minimum Gasteiger partial charge on any atom is -0.337 e. The second kappa shape index (κ2) is 9.56. The number of nitrogens with zero attached hydrogens (tertiary/aromatic N) is 2. The number of carbonyl (C=O) groups is 3. The second-order valence-corrected chi connectivity index (χ2v) is 9.24. The number of likely N-dealkylation sites (tertiary alicyclic amines) is 1. The summed E-state index contributed by atoms with van der Waals surface area (Å²) in [6.45, 7) is 1.39. The van der Waals surface area contributed by atoms with Crippen LogP contribution in [0.3, 0.4) is 0 Å². The molecule has 2 heterocycles. The zero-order valence-electron chi connectivity index (χ0n) is 17.2. The number of imide groups is 1. The van der Waals surface area contributed by atoms with Gasteiger partial charge in [0.1, 0.15) is 0 Å². The van der Waals surface area contributed by atoms with Gasteiger partial charge in [-0.1, -0.05) is 49.2 Å². The number of hydrogen-bond donors (Lipinski definition) is 0. The summed E-state index contributed by atoms with van der Waals surface area (Å²) in [6, 6.07) is 14.2. The fourth-order valence-corrected chi connectivity index (χ4v) is 5.33. The third-order valence-corrected chi connectivity index (χ3v) is 7.14. The van der Waals surface area contributed by atoms with Crippen molar-refractivity contribution in [1.82, 2.24) is 9.80 Å². The molecule has 1 aromatic carbocycles. The van der Waals surface area contributed by atoms with E-state index in [2.05, 4.69) is 12.1 Å². The Morgan fingerprint density at radius 1 is 1.00 bits per heavy atom. The molecule has 4 rings (SSSR count). The molecule has 1 aromatic heterocycles. The molecule has 1 saturated heterocycles. The highest BCUT2D eigenvalue weighted by Gasteiger charge is 2.47. The Morgan fingerprint density at radius 2 is 1.70 bits per heavy atom. The van der Waals surface area contributed by atoms with E-state index in [-0.39, 0.29) is 42.5 Å². The third-order valence-electron chi connectivity index (χ3n) is 6.27. The van der Waals surface area contributed by atoms with Crippen molar-refractivity contribution in [3.05, 3.63) is 58.3 Å². The lowest BCUT2D eigenvalue weighted by molar-refractivity contribution is -0.141. The summed E-state index contributed by atoms with van der Waals surface area (Å²) in [5.74, 6) is -0.434. The highest BCUT2D eigenvalue weighted by Crippen LogP contribution is 2.38. The monoisotopic (exact) mass is 424 g/mol. The topological polar surface area (TPSA) is 57.7 Å². The number of fused-ring (bicyclic) bond motifs is 1. The van der Waals surface area contributed by atoms with E-state index in [0.29, 0.717) is 13.1 Å². The van der Waals surface area contributed by atoms with Gasteiger partial charge in [0.15, 0.2) is 0 Å². The van der Waals surface area contributed by atoms with Crippen LogP contribution in [0.2, 0.25) is 0 Å². The molecule has 2 aromatic rings. The van der Waals surface area contributed by atoms with Crippen LogP contribution in [0.1, 0.15) is 42.5 Å². The second-order valence-electron chi connectivity index (χ2n) is 8.21. The molecule has 1 aliphatic carbocycles. The van der Waals surface area contributed by atoms with Crippen LogP contribution in [0.5, 0.6) is 0 Å². The average molecular weight is 425 g/mol. The average Bonchev–Trinajstić information content (AvgIpc) is 3.37. The maximum Gasteiger partial charge on any atom is 0.233 e. The molecule has 0 unspecified atom stereocenters. The first-order valence-corrected chi connectivity index (χ1v) is 11.7. The van der Waals surface area contributed by atoms with Crippen LogP contribution in [0.4, 0.5) is 0 Å². The number of benzene rings is 1. The van der Waals surface area contributed by atoms with Crippen LogP contribution in [0.15, 0.2) is 47.8 Å². The number of hydrogen-bond acceptors (Lipinski definition) is 4. The van der Waals surface area contributed by atoms with Gasteiger partial charge in [-0.25, -0.2) is 0 Å². The Balaban J connectivity index is 1.38. The highest BCUT2D eigenvalue weighted by molar-refractivity contribution is 7.09. The van der Waals surface area contributed by atoms with Gasteiger partial charge in [0, 0.05) is 24.4 Å². The van der Waals surface area contributed by atoms with Crippen LogP contribution in [0.25, 0.3) is 0 Å². The maximum absolute atomic E-state index is 13.1. The minimum atomic E-state index is -0.151. The molecular weight excluding hydrogens is 396 g/mol. The van der Waals surface area contributed by atoms with Gasteiger partial charge in [0.05, 0.1) is 18.4 Å². The van der Waals surface area contributed by atoms with Gasteiger partial charge in [0.25, 0.3) is 0 Å². The summed E-state index contributed by atoms with van der Waals surface area (Å²) >= 11 is 1.64. The van der Waals surface area contributed by atoms with E-state index in [0.717, 1.165) is 37.0 Å². The van der Waals surface area contributed by atoms with E-state index in [1.165, 1.54) is 10.5 Å². The predicted octanol–water partition coefficient (Wildman–Crippen LogP) is 3.88. The first-order chi connectivity index (χ1) is 14.6. The SMILES string of the molecule is O=C(CCN1C(=O)[C@@H]2CCCC[C@H]2C1=O)N(CCc1ccccc1)Cc1cccs1. The summed E-state index contributed by atoms with van der Waals surface area (Å²) in [6.07, 6.45) is 4.62. The predicted molar refractivity (Wildman–Crippen MR) is 117 cm³/mol. The van der Waals surface area contributed by atoms with Crippen LogP contribution >= 0.6 is 11.3 Å². The first-order valence-electron chi connectivity index (χ1n) is 10.8. The molecule has 0 spiro atoms. The molecule has 2 atom stereocenters. The summed E-state index contributed by atoms with van der Waals surface area (Å²) in [5.41, 5.74) is 1.19. The molecule has 0 bridgehead atoms. The molecule has 0 N–H and O–H groups in total. The molecule has 3 amide bonds. The maximum atomic E-state index is 13.1. The highest BCUT2D eigenvalue weighted by atomic mass is 32.1. The van der Waals surface area contributed by atoms with Crippen molar-refractivity contribution in [2.75, 3.05) is 13.1 Å². The molecule has 0 radical (unpaired) electrons. The molecule has 2 fully saturated rings. The van der Waals surface area contributed by atoms with Gasteiger partial charge in [0.2, 0.25) is 17.7 Å². The van der Waals surface area contributed by atoms with Gasteiger partial charge < -0.3 is 4.90 Å². The van der Waals surface area contributed by atoms with E-state index in [4.69, 9.17) is 0 Å². The van der Waals surface area contributed by atoms with Crippen LogP contribution in [-0.2, 0) is 27.3 Å². The molecule has 1 saturated carbocycles. The number of rotatable bonds is 8. The zero-order chi connectivity index (χ0) is 20.9. The molecule has 2 aliphatic rings. The van der Waals surface area contributed by atoms with Gasteiger partial charge in [-0.05, 0) is 36.3 Å². The van der Waals surface area contributed by atoms with E-state index >= 15 is 0 Å². The Labute approximate surface area is 181 Å². The lowest BCUT2D eigenvalue weighted by atomic mass is 9.81. The molecular formula is C24H28N2O3S. The third kappa shape index (κ3) is 4.64. The van der Waals surface area contributed by atoms with Crippen molar-refractivity contribution in [3.8, 4) is 0 Å². The fraction of sp³-hybridized carbons (Fsp3) is 0.458. The lowest BCUT2D eigenvalue weighted by Crippen LogP contribution is -2.38. The molecule has 1 aliphatic heterocycles. The van der Waals surface area contributed by atoms with Crippen molar-refractivity contribution in [3.63, 3.8) is 0 Å². The summed E-state index contributed by atoms with van der Waals surface area (Å²) in [5, 5.41) is 2.01. The van der Waals surface area contributed by atoms with Gasteiger partial charge in [-0.3, -0.25) is 19.3 Å². The van der Waals surface area contributed by atoms with E-state index < -0.39 is 0 Å².